The summed E-state index contributed by atoms with van der Waals surface area (Å²) in [5.41, 5.74) is 5.43. The van der Waals surface area contributed by atoms with Crippen LogP contribution in [0.15, 0.2) is 65.6 Å². The maximum absolute atomic E-state index is 12.5. The van der Waals surface area contributed by atoms with Gasteiger partial charge in [-0.05, 0) is 90.6 Å². The second kappa shape index (κ2) is 10.1. The molecule has 174 valence electrons. The Kier molecular flexibility index (Phi) is 7.43. The van der Waals surface area contributed by atoms with Gasteiger partial charge in [-0.2, -0.15) is 0 Å². The van der Waals surface area contributed by atoms with E-state index in [2.05, 4.69) is 26.0 Å². The number of aliphatic carboxylic acids is 1. The molecule has 0 bridgehead atoms. The minimum atomic E-state index is -3.95. The van der Waals surface area contributed by atoms with Crippen molar-refractivity contribution in [3.63, 3.8) is 0 Å². The predicted molar refractivity (Wildman–Crippen MR) is 128 cm³/mol. The zero-order chi connectivity index (χ0) is 24.2. The first-order valence-corrected chi connectivity index (χ1v) is 12.2. The summed E-state index contributed by atoms with van der Waals surface area (Å²) in [5.74, 6) is -0.0214. The van der Waals surface area contributed by atoms with Crippen molar-refractivity contribution >= 4 is 15.8 Å². The smallest absolute Gasteiger partial charge is 0.322 e. The van der Waals surface area contributed by atoms with E-state index in [-0.39, 0.29) is 11.3 Å². The molecule has 33 heavy (non-hydrogen) atoms. The third-order valence-corrected chi connectivity index (χ3v) is 7.75. The van der Waals surface area contributed by atoms with Crippen LogP contribution in [0.4, 0.5) is 0 Å². The van der Waals surface area contributed by atoms with E-state index in [1.54, 1.807) is 19.2 Å². The third-order valence-electron chi connectivity index (χ3n) is 5.54. The molecule has 6 nitrogen and oxygen atoms in total. The number of benzene rings is 3. The Hall–Kier alpha value is -3.32. The standard InChI is InChI=1S/C26H28O6S/c1-5-24(26(27)28)33(29,30)23-11-9-21(10-12-23)32-16-19-7-6-8-20(15-19)25-17(2)13-22(31-4)14-18(25)3/h6-15,24H,5,16H2,1-4H3,(H,27,28). The number of ether oxygens (including phenoxy) is 2. The maximum Gasteiger partial charge on any atom is 0.322 e. The molecule has 0 aliphatic rings. The van der Waals surface area contributed by atoms with E-state index in [4.69, 9.17) is 9.47 Å². The van der Waals surface area contributed by atoms with Crippen molar-refractivity contribution in [1.82, 2.24) is 0 Å². The molecule has 0 heterocycles. The topological polar surface area (TPSA) is 89.9 Å². The quantitative estimate of drug-likeness (QED) is 0.465. The van der Waals surface area contributed by atoms with Gasteiger partial charge in [0.25, 0.3) is 0 Å². The monoisotopic (exact) mass is 468 g/mol. The Labute approximate surface area is 194 Å². The summed E-state index contributed by atoms with van der Waals surface area (Å²) in [6, 6.07) is 17.9. The second-order valence-corrected chi connectivity index (χ2v) is 10.0. The van der Waals surface area contributed by atoms with Crippen LogP contribution in [0.1, 0.15) is 30.0 Å². The van der Waals surface area contributed by atoms with Gasteiger partial charge in [0.15, 0.2) is 15.1 Å². The molecule has 0 amide bonds. The molecule has 7 heteroatoms. The first kappa shape index (κ1) is 24.3. The lowest BCUT2D eigenvalue weighted by Crippen LogP contribution is -2.29. The lowest BCUT2D eigenvalue weighted by Gasteiger charge is -2.14. The normalized spacial score (nSPS) is 12.2. The Bertz CT molecular complexity index is 1220. The summed E-state index contributed by atoms with van der Waals surface area (Å²) < 4.78 is 36.3. The van der Waals surface area contributed by atoms with Crippen LogP contribution in [0.3, 0.4) is 0 Å². The molecule has 0 spiro atoms. The van der Waals surface area contributed by atoms with Crippen molar-refractivity contribution in [3.8, 4) is 22.6 Å². The lowest BCUT2D eigenvalue weighted by atomic mass is 9.94. The number of aryl methyl sites for hydroxylation is 2. The molecule has 0 aliphatic carbocycles. The van der Waals surface area contributed by atoms with Gasteiger partial charge in [0, 0.05) is 0 Å². The fourth-order valence-corrected chi connectivity index (χ4v) is 5.45. The van der Waals surface area contributed by atoms with Crippen LogP contribution in [0.5, 0.6) is 11.5 Å². The van der Waals surface area contributed by atoms with Gasteiger partial charge in [0.2, 0.25) is 0 Å². The first-order chi connectivity index (χ1) is 15.7. The van der Waals surface area contributed by atoms with Gasteiger partial charge in [0.1, 0.15) is 18.1 Å². The summed E-state index contributed by atoms with van der Waals surface area (Å²) in [5, 5.41) is 7.73. The highest BCUT2D eigenvalue weighted by molar-refractivity contribution is 7.92. The number of carboxylic acids is 1. The van der Waals surface area contributed by atoms with E-state index in [9.17, 15) is 18.3 Å². The molecular formula is C26H28O6S. The zero-order valence-corrected chi connectivity index (χ0v) is 20.0. The van der Waals surface area contributed by atoms with Crippen molar-refractivity contribution in [2.24, 2.45) is 0 Å². The number of methoxy groups -OCH3 is 1. The van der Waals surface area contributed by atoms with E-state index >= 15 is 0 Å². The average Bonchev–Trinajstić information content (AvgIpc) is 2.77. The average molecular weight is 469 g/mol. The van der Waals surface area contributed by atoms with Crippen molar-refractivity contribution in [2.45, 2.75) is 43.9 Å². The van der Waals surface area contributed by atoms with E-state index in [1.807, 2.05) is 24.3 Å². The van der Waals surface area contributed by atoms with Gasteiger partial charge < -0.3 is 14.6 Å². The SMILES string of the molecule is CCC(C(=O)O)S(=O)(=O)c1ccc(OCc2cccc(-c3c(C)cc(OC)cc3C)c2)cc1. The fourth-order valence-electron chi connectivity index (χ4n) is 3.90. The van der Waals surface area contributed by atoms with E-state index < -0.39 is 21.1 Å². The van der Waals surface area contributed by atoms with Crippen LogP contribution >= 0.6 is 0 Å². The molecule has 3 aromatic rings. The number of carboxylic acid groups (broad SMARTS) is 1. The van der Waals surface area contributed by atoms with Crippen LogP contribution in [-0.4, -0.2) is 31.9 Å². The van der Waals surface area contributed by atoms with Crippen molar-refractivity contribution in [2.75, 3.05) is 7.11 Å². The highest BCUT2D eigenvalue weighted by Crippen LogP contribution is 2.31. The summed E-state index contributed by atoms with van der Waals surface area (Å²) >= 11 is 0. The predicted octanol–water partition coefficient (Wildman–Crippen LogP) is 5.19. The van der Waals surface area contributed by atoms with Gasteiger partial charge in [-0.1, -0.05) is 25.1 Å². The second-order valence-electron chi connectivity index (χ2n) is 7.88. The minimum absolute atomic E-state index is 0.000593. The molecule has 0 radical (unpaired) electrons. The molecule has 0 saturated heterocycles. The molecule has 0 aliphatic heterocycles. The Balaban J connectivity index is 1.76. The largest absolute Gasteiger partial charge is 0.497 e. The van der Waals surface area contributed by atoms with Crippen LogP contribution in [0.25, 0.3) is 11.1 Å². The summed E-state index contributed by atoms with van der Waals surface area (Å²) in [4.78, 5) is 11.2. The number of hydrogen-bond acceptors (Lipinski definition) is 5. The Morgan fingerprint density at radius 3 is 2.15 bits per heavy atom. The molecular weight excluding hydrogens is 440 g/mol. The molecule has 0 fully saturated rings. The number of carbonyl (C=O) groups is 1. The first-order valence-electron chi connectivity index (χ1n) is 10.6. The Morgan fingerprint density at radius 2 is 1.61 bits per heavy atom. The molecule has 0 saturated carbocycles. The molecule has 1 N–H and O–H groups in total. The van der Waals surface area contributed by atoms with Gasteiger partial charge >= 0.3 is 5.97 Å². The third kappa shape index (κ3) is 5.37. The number of sulfone groups is 1. The molecule has 0 aromatic heterocycles. The molecule has 3 rings (SSSR count). The summed E-state index contributed by atoms with van der Waals surface area (Å²) in [6.07, 6.45) is -0.000593. The van der Waals surface area contributed by atoms with Gasteiger partial charge in [-0.3, -0.25) is 4.79 Å². The molecule has 1 atom stereocenters. The van der Waals surface area contributed by atoms with Crippen LogP contribution < -0.4 is 9.47 Å². The van der Waals surface area contributed by atoms with Crippen LogP contribution in [0, 0.1) is 13.8 Å². The van der Waals surface area contributed by atoms with E-state index in [0.29, 0.717) is 12.4 Å². The Morgan fingerprint density at radius 1 is 0.970 bits per heavy atom. The highest BCUT2D eigenvalue weighted by atomic mass is 32.2. The van der Waals surface area contributed by atoms with Gasteiger partial charge in [-0.15, -0.1) is 0 Å². The van der Waals surface area contributed by atoms with Gasteiger partial charge in [0.05, 0.1) is 12.0 Å². The highest BCUT2D eigenvalue weighted by Gasteiger charge is 2.32. The molecule has 1 unspecified atom stereocenters. The number of hydrogen-bond donors (Lipinski definition) is 1. The van der Waals surface area contributed by atoms with Crippen molar-refractivity contribution < 1.29 is 27.8 Å². The fraction of sp³-hybridized carbons (Fsp3) is 0.269. The number of rotatable bonds is 9. The van der Waals surface area contributed by atoms with Crippen LogP contribution in [-0.2, 0) is 21.2 Å². The van der Waals surface area contributed by atoms with Crippen molar-refractivity contribution in [1.29, 1.82) is 0 Å². The zero-order valence-electron chi connectivity index (χ0n) is 19.2. The van der Waals surface area contributed by atoms with E-state index in [0.717, 1.165) is 33.6 Å². The molecule has 3 aromatic carbocycles. The maximum atomic E-state index is 12.5. The van der Waals surface area contributed by atoms with E-state index in [1.165, 1.54) is 19.1 Å². The van der Waals surface area contributed by atoms with Crippen LogP contribution in [0.2, 0.25) is 0 Å². The van der Waals surface area contributed by atoms with Crippen molar-refractivity contribution in [3.05, 3.63) is 77.4 Å². The summed E-state index contributed by atoms with van der Waals surface area (Å²) in [6.45, 7) is 5.95. The minimum Gasteiger partial charge on any atom is -0.497 e. The van der Waals surface area contributed by atoms with Gasteiger partial charge in [-0.25, -0.2) is 8.42 Å². The summed E-state index contributed by atoms with van der Waals surface area (Å²) in [7, 11) is -2.29. The lowest BCUT2D eigenvalue weighted by molar-refractivity contribution is -0.136.